The summed E-state index contributed by atoms with van der Waals surface area (Å²) in [6.45, 7) is 4.52. The van der Waals surface area contributed by atoms with Crippen LogP contribution in [0.5, 0.6) is 0 Å². The van der Waals surface area contributed by atoms with Gasteiger partial charge in [0.15, 0.2) is 5.54 Å². The van der Waals surface area contributed by atoms with Crippen molar-refractivity contribution >= 4 is 23.9 Å². The molecule has 0 amide bonds. The molecule has 6 heteroatoms. The van der Waals surface area contributed by atoms with Crippen molar-refractivity contribution in [1.29, 1.82) is 0 Å². The molecule has 4 nitrogen and oxygen atoms in total. The van der Waals surface area contributed by atoms with E-state index in [1.807, 2.05) is 43.3 Å². The van der Waals surface area contributed by atoms with Crippen molar-refractivity contribution in [3.63, 3.8) is 0 Å². The SMILES string of the molecule is CCC(CC1COC(C2(C)N=[C]OC2CCc2ccccc2Cl)=N1)c1ccccc1F. The van der Waals surface area contributed by atoms with Crippen molar-refractivity contribution in [2.45, 2.75) is 63.1 Å². The fourth-order valence-electron chi connectivity index (χ4n) is 4.35. The lowest BCUT2D eigenvalue weighted by molar-refractivity contribution is 0.157. The molecule has 2 heterocycles. The zero-order valence-corrected chi connectivity index (χ0v) is 18.6. The monoisotopic (exact) mass is 441 g/mol. The van der Waals surface area contributed by atoms with E-state index in [0.29, 0.717) is 12.5 Å². The number of halogens is 2. The molecule has 0 aromatic heterocycles. The molecule has 4 atom stereocenters. The molecule has 0 spiro atoms. The van der Waals surface area contributed by atoms with E-state index in [4.69, 9.17) is 26.1 Å². The highest BCUT2D eigenvalue weighted by Crippen LogP contribution is 2.34. The Morgan fingerprint density at radius 2 is 2.00 bits per heavy atom. The summed E-state index contributed by atoms with van der Waals surface area (Å²) in [5.41, 5.74) is 1.10. The molecule has 0 saturated carbocycles. The summed E-state index contributed by atoms with van der Waals surface area (Å²) in [5.74, 6) is 0.513. The van der Waals surface area contributed by atoms with Crippen LogP contribution in [0, 0.1) is 5.82 Å². The average molecular weight is 442 g/mol. The first-order chi connectivity index (χ1) is 15.0. The maximum Gasteiger partial charge on any atom is 0.274 e. The maximum atomic E-state index is 14.3. The second-order valence-corrected chi connectivity index (χ2v) is 8.76. The number of benzene rings is 2. The molecule has 4 rings (SSSR count). The standard InChI is InChI=1S/C25H27ClFN2O2/c1-3-17(20-9-5-7-11-22(20)27)14-19-15-30-24(29-19)25(2)23(31-16-28-25)13-12-18-8-4-6-10-21(18)26/h4-11,17,19,23H,3,12-15H2,1-2H3. The minimum absolute atomic E-state index is 0.0311. The molecule has 31 heavy (non-hydrogen) atoms. The van der Waals surface area contributed by atoms with Gasteiger partial charge < -0.3 is 9.47 Å². The Balaban J connectivity index is 1.44. The van der Waals surface area contributed by atoms with Crippen molar-refractivity contribution in [1.82, 2.24) is 0 Å². The van der Waals surface area contributed by atoms with Crippen molar-refractivity contribution in [3.8, 4) is 0 Å². The fraction of sp³-hybridized carbons (Fsp3) is 0.440. The Hall–Kier alpha value is -2.40. The van der Waals surface area contributed by atoms with Crippen LogP contribution in [0.15, 0.2) is 58.5 Å². The van der Waals surface area contributed by atoms with Gasteiger partial charge in [0, 0.05) is 5.02 Å². The quantitative estimate of drug-likeness (QED) is 0.515. The summed E-state index contributed by atoms with van der Waals surface area (Å²) in [6, 6.07) is 14.8. The number of hydrogen-bond acceptors (Lipinski definition) is 4. The van der Waals surface area contributed by atoms with Crippen molar-refractivity contribution < 1.29 is 13.9 Å². The predicted octanol–water partition coefficient (Wildman–Crippen LogP) is 5.86. The van der Waals surface area contributed by atoms with Gasteiger partial charge in [0.05, 0.1) is 6.04 Å². The summed E-state index contributed by atoms with van der Waals surface area (Å²) in [5, 5.41) is 0.750. The van der Waals surface area contributed by atoms with E-state index >= 15 is 0 Å². The van der Waals surface area contributed by atoms with Gasteiger partial charge in [-0.1, -0.05) is 54.9 Å². The maximum absolute atomic E-state index is 14.3. The highest BCUT2D eigenvalue weighted by atomic mass is 35.5. The van der Waals surface area contributed by atoms with Crippen LogP contribution in [0.1, 0.15) is 50.2 Å². The van der Waals surface area contributed by atoms with Gasteiger partial charge in [-0.2, -0.15) is 0 Å². The van der Waals surface area contributed by atoms with Crippen molar-refractivity contribution in [2.75, 3.05) is 6.61 Å². The lowest BCUT2D eigenvalue weighted by Crippen LogP contribution is -2.43. The first kappa shape index (κ1) is 21.8. The molecule has 0 saturated heterocycles. The molecule has 1 radical (unpaired) electrons. The van der Waals surface area contributed by atoms with E-state index in [9.17, 15) is 4.39 Å². The van der Waals surface area contributed by atoms with E-state index in [1.54, 1.807) is 6.07 Å². The van der Waals surface area contributed by atoms with Crippen LogP contribution in [-0.4, -0.2) is 36.6 Å². The summed E-state index contributed by atoms with van der Waals surface area (Å²) < 4.78 is 26.0. The summed E-state index contributed by atoms with van der Waals surface area (Å²) in [7, 11) is 0. The van der Waals surface area contributed by atoms with Crippen LogP contribution in [0.25, 0.3) is 0 Å². The molecule has 0 bridgehead atoms. The first-order valence-corrected chi connectivity index (χ1v) is 11.2. The van der Waals surface area contributed by atoms with E-state index in [-0.39, 0.29) is 23.9 Å². The third-order valence-corrected chi connectivity index (χ3v) is 6.64. The molecular formula is C25H27ClFN2O2. The van der Waals surface area contributed by atoms with Crippen LogP contribution in [-0.2, 0) is 15.9 Å². The Morgan fingerprint density at radius 1 is 1.23 bits per heavy atom. The lowest BCUT2D eigenvalue weighted by Gasteiger charge is -2.26. The highest BCUT2D eigenvalue weighted by Gasteiger charge is 2.47. The average Bonchev–Trinajstić information content (AvgIpc) is 3.39. The van der Waals surface area contributed by atoms with Crippen molar-refractivity contribution in [2.24, 2.45) is 9.98 Å². The van der Waals surface area contributed by atoms with Gasteiger partial charge in [0.25, 0.3) is 6.40 Å². The largest absolute Gasteiger partial charge is 0.477 e. The van der Waals surface area contributed by atoms with E-state index in [0.717, 1.165) is 41.8 Å². The number of hydrogen-bond donors (Lipinski definition) is 0. The fourth-order valence-corrected chi connectivity index (χ4v) is 4.58. The number of aliphatic imine (C=N–C) groups is 2. The van der Waals surface area contributed by atoms with Gasteiger partial charge in [-0.3, -0.25) is 0 Å². The summed E-state index contributed by atoms with van der Waals surface area (Å²) >= 11 is 6.30. The zero-order valence-electron chi connectivity index (χ0n) is 17.9. The molecule has 2 aliphatic heterocycles. The molecule has 163 valence electrons. The number of aryl methyl sites for hydroxylation is 1. The molecule has 0 aliphatic carbocycles. The lowest BCUT2D eigenvalue weighted by atomic mass is 9.89. The third-order valence-electron chi connectivity index (χ3n) is 6.27. The highest BCUT2D eigenvalue weighted by molar-refractivity contribution is 6.31. The zero-order chi connectivity index (χ0) is 21.8. The Kier molecular flexibility index (Phi) is 6.61. The van der Waals surface area contributed by atoms with Crippen LogP contribution >= 0.6 is 11.6 Å². The van der Waals surface area contributed by atoms with Gasteiger partial charge in [0.1, 0.15) is 18.5 Å². The van der Waals surface area contributed by atoms with Crippen LogP contribution < -0.4 is 0 Å². The molecule has 4 unspecified atom stereocenters. The molecule has 0 N–H and O–H groups in total. The normalized spacial score (nSPS) is 25.7. The second kappa shape index (κ2) is 9.39. The van der Waals surface area contributed by atoms with E-state index in [1.165, 1.54) is 6.07 Å². The molecular weight excluding hydrogens is 415 g/mol. The van der Waals surface area contributed by atoms with E-state index in [2.05, 4.69) is 18.3 Å². The van der Waals surface area contributed by atoms with Gasteiger partial charge in [0.2, 0.25) is 5.90 Å². The van der Waals surface area contributed by atoms with Crippen LogP contribution in [0.2, 0.25) is 5.02 Å². The topological polar surface area (TPSA) is 43.2 Å². The Morgan fingerprint density at radius 3 is 2.77 bits per heavy atom. The van der Waals surface area contributed by atoms with Gasteiger partial charge >= 0.3 is 0 Å². The Labute approximate surface area is 188 Å². The van der Waals surface area contributed by atoms with Gasteiger partial charge in [-0.05, 0) is 61.8 Å². The van der Waals surface area contributed by atoms with Crippen molar-refractivity contribution in [3.05, 3.63) is 70.5 Å². The smallest absolute Gasteiger partial charge is 0.274 e. The number of ether oxygens (including phenoxy) is 2. The molecule has 2 aliphatic rings. The summed E-state index contributed by atoms with van der Waals surface area (Å²) in [6.07, 6.45) is 5.50. The second-order valence-electron chi connectivity index (χ2n) is 8.35. The minimum Gasteiger partial charge on any atom is -0.477 e. The Bertz CT molecular complexity index is 979. The first-order valence-electron chi connectivity index (χ1n) is 10.8. The van der Waals surface area contributed by atoms with Gasteiger partial charge in [-0.25, -0.2) is 14.4 Å². The van der Waals surface area contributed by atoms with Crippen LogP contribution in [0.3, 0.4) is 0 Å². The van der Waals surface area contributed by atoms with Gasteiger partial charge in [-0.15, -0.1) is 0 Å². The molecule has 2 aromatic rings. The number of rotatable bonds is 8. The minimum atomic E-state index is -0.713. The number of nitrogens with zero attached hydrogens (tertiary/aromatic N) is 2. The predicted molar refractivity (Wildman–Crippen MR) is 122 cm³/mol. The van der Waals surface area contributed by atoms with Crippen LogP contribution in [0.4, 0.5) is 4.39 Å². The summed E-state index contributed by atoms with van der Waals surface area (Å²) in [4.78, 5) is 9.29. The molecule has 0 fully saturated rings. The third kappa shape index (κ3) is 4.62. The molecule has 2 aromatic carbocycles. The van der Waals surface area contributed by atoms with E-state index < -0.39 is 5.54 Å².